The Labute approximate surface area is 233 Å². The summed E-state index contributed by atoms with van der Waals surface area (Å²) in [6, 6.07) is 10.7. The summed E-state index contributed by atoms with van der Waals surface area (Å²) in [5.74, 6) is 1.37. The van der Waals surface area contributed by atoms with Crippen LogP contribution >= 0.6 is 0 Å². The molecule has 11 nitrogen and oxygen atoms in total. The van der Waals surface area contributed by atoms with Crippen LogP contribution in [0.25, 0.3) is 0 Å². The smallest absolute Gasteiger partial charge is 0.347 e. The number of aliphatic carboxylic acids is 1. The van der Waals surface area contributed by atoms with E-state index in [0.29, 0.717) is 48.6 Å². The number of anilines is 2. The number of nitrogens with zero attached hydrogens (tertiary/aromatic N) is 4. The molecule has 1 atom stereocenters. The Bertz CT molecular complexity index is 1300. The molecule has 1 amide bonds. The van der Waals surface area contributed by atoms with Gasteiger partial charge in [0.15, 0.2) is 17.2 Å². The predicted octanol–water partition coefficient (Wildman–Crippen LogP) is 4.13. The zero-order valence-electron chi connectivity index (χ0n) is 23.0. The number of ether oxygens (including phenoxy) is 3. The van der Waals surface area contributed by atoms with E-state index in [1.807, 2.05) is 31.2 Å². The highest BCUT2D eigenvalue weighted by Crippen LogP contribution is 2.28. The summed E-state index contributed by atoms with van der Waals surface area (Å²) in [6.45, 7) is 6.84. The Morgan fingerprint density at radius 3 is 2.73 bits per heavy atom. The van der Waals surface area contributed by atoms with Gasteiger partial charge in [-0.15, -0.1) is 0 Å². The van der Waals surface area contributed by atoms with Crippen LogP contribution in [-0.2, 0) is 16.0 Å². The second-order valence-corrected chi connectivity index (χ2v) is 9.94. The van der Waals surface area contributed by atoms with E-state index in [0.717, 1.165) is 24.9 Å². The molecule has 40 heavy (non-hydrogen) atoms. The van der Waals surface area contributed by atoms with Crippen molar-refractivity contribution in [1.29, 1.82) is 0 Å². The number of benzene rings is 1. The van der Waals surface area contributed by atoms with Crippen LogP contribution in [0, 0.1) is 0 Å². The first-order valence-corrected chi connectivity index (χ1v) is 13.4. The molecule has 1 aromatic carbocycles. The molecule has 212 valence electrons. The van der Waals surface area contributed by atoms with Gasteiger partial charge in [0.2, 0.25) is 5.91 Å². The molecular weight excluding hydrogens is 514 g/mol. The minimum atomic E-state index is -1.33. The molecule has 1 saturated heterocycles. The molecule has 11 heteroatoms. The fraction of sp³-hybridized carbons (Fsp3) is 0.414. The van der Waals surface area contributed by atoms with E-state index in [1.165, 1.54) is 20.0 Å². The lowest BCUT2D eigenvalue weighted by Crippen LogP contribution is -2.41. The average molecular weight is 550 g/mol. The van der Waals surface area contributed by atoms with E-state index in [2.05, 4.69) is 25.2 Å². The number of amides is 1. The predicted molar refractivity (Wildman–Crippen MR) is 149 cm³/mol. The van der Waals surface area contributed by atoms with Crippen molar-refractivity contribution < 1.29 is 28.9 Å². The first kappa shape index (κ1) is 28.6. The maximum atomic E-state index is 12.6. The number of pyridine rings is 1. The molecule has 1 aliphatic heterocycles. The minimum absolute atomic E-state index is 0.0881. The zero-order chi connectivity index (χ0) is 28.5. The molecule has 4 rings (SSSR count). The lowest BCUT2D eigenvalue weighted by molar-refractivity contribution is -0.152. The highest BCUT2D eigenvalue weighted by atomic mass is 16.5. The number of carbonyl (C=O) groups excluding carboxylic acids is 1. The second kappa shape index (κ2) is 13.1. The largest absolute Gasteiger partial charge is 0.488 e. The minimum Gasteiger partial charge on any atom is -0.488 e. The van der Waals surface area contributed by atoms with Crippen LogP contribution < -0.4 is 24.4 Å². The molecule has 2 aromatic heterocycles. The number of carbonyl (C=O) groups is 2. The third-order valence-corrected chi connectivity index (χ3v) is 6.36. The molecule has 0 spiro atoms. The van der Waals surface area contributed by atoms with E-state index in [4.69, 9.17) is 14.2 Å². The summed E-state index contributed by atoms with van der Waals surface area (Å²) in [4.78, 5) is 39.2. The van der Waals surface area contributed by atoms with Crippen LogP contribution in [0.15, 0.2) is 55.0 Å². The van der Waals surface area contributed by atoms with Crippen LogP contribution in [0.5, 0.6) is 17.4 Å². The molecule has 0 aliphatic carbocycles. The Morgan fingerprint density at radius 2 is 1.98 bits per heavy atom. The van der Waals surface area contributed by atoms with Gasteiger partial charge >= 0.3 is 5.97 Å². The highest BCUT2D eigenvalue weighted by Gasteiger charge is 2.29. The fourth-order valence-electron chi connectivity index (χ4n) is 4.22. The number of rotatable bonds is 12. The van der Waals surface area contributed by atoms with Crippen molar-refractivity contribution in [3.8, 4) is 17.4 Å². The SMILES string of the molecule is CCOc1cccnc1OC1CCCN(c2cncc(NC(=O)CCc3ccc(OC(C)(C)C(=O)O)cc3)n2)C1. The van der Waals surface area contributed by atoms with Gasteiger partial charge in [0, 0.05) is 19.2 Å². The van der Waals surface area contributed by atoms with Crippen molar-refractivity contribution in [2.45, 2.75) is 58.2 Å². The van der Waals surface area contributed by atoms with E-state index >= 15 is 0 Å². The molecule has 1 aliphatic rings. The van der Waals surface area contributed by atoms with Gasteiger partial charge in [0.05, 0.1) is 25.5 Å². The molecule has 0 bridgehead atoms. The van der Waals surface area contributed by atoms with Gasteiger partial charge in [-0.05, 0) is 69.9 Å². The summed E-state index contributed by atoms with van der Waals surface area (Å²) in [6.07, 6.45) is 7.35. The number of carboxylic acid groups (broad SMARTS) is 1. The number of aryl methyl sites for hydroxylation is 1. The van der Waals surface area contributed by atoms with Gasteiger partial charge in [-0.2, -0.15) is 0 Å². The van der Waals surface area contributed by atoms with Crippen LogP contribution in [0.2, 0.25) is 0 Å². The first-order valence-electron chi connectivity index (χ1n) is 13.4. The van der Waals surface area contributed by atoms with Crippen molar-refractivity contribution in [3.63, 3.8) is 0 Å². The van der Waals surface area contributed by atoms with E-state index < -0.39 is 11.6 Å². The molecule has 1 fully saturated rings. The highest BCUT2D eigenvalue weighted by molar-refractivity contribution is 5.89. The monoisotopic (exact) mass is 549 g/mol. The molecule has 0 radical (unpaired) electrons. The summed E-state index contributed by atoms with van der Waals surface area (Å²) < 4.78 is 17.3. The normalized spacial score (nSPS) is 15.3. The Kier molecular flexibility index (Phi) is 9.36. The van der Waals surface area contributed by atoms with Gasteiger partial charge in [0.25, 0.3) is 5.88 Å². The lowest BCUT2D eigenvalue weighted by atomic mass is 10.1. The molecule has 1 unspecified atom stereocenters. The molecule has 0 saturated carbocycles. The van der Waals surface area contributed by atoms with E-state index in [9.17, 15) is 14.7 Å². The van der Waals surface area contributed by atoms with Crippen molar-refractivity contribution in [2.24, 2.45) is 0 Å². The Morgan fingerprint density at radius 1 is 1.18 bits per heavy atom. The van der Waals surface area contributed by atoms with Crippen LogP contribution in [0.4, 0.5) is 11.6 Å². The van der Waals surface area contributed by atoms with Crippen LogP contribution in [-0.4, -0.2) is 63.3 Å². The van der Waals surface area contributed by atoms with Gasteiger partial charge in [-0.25, -0.2) is 14.8 Å². The van der Waals surface area contributed by atoms with Crippen molar-refractivity contribution in [1.82, 2.24) is 15.0 Å². The summed E-state index contributed by atoms with van der Waals surface area (Å²) in [5, 5.41) is 12.0. The standard InChI is InChI=1S/C29H35N5O6/c1-4-38-23-8-5-15-31-27(23)39-22-7-6-16-34(19-22)25-18-30-17-24(32-25)33-26(35)14-11-20-9-12-21(13-10-20)40-29(2,3)28(36)37/h5,8-10,12-13,15,17-18,22H,4,6-7,11,14,16,19H2,1-3H3,(H,36,37)(H,32,33,35). The lowest BCUT2D eigenvalue weighted by Gasteiger charge is -2.33. The van der Waals surface area contributed by atoms with Crippen molar-refractivity contribution in [3.05, 3.63) is 60.6 Å². The average Bonchev–Trinajstić information content (AvgIpc) is 2.94. The third kappa shape index (κ3) is 7.81. The summed E-state index contributed by atoms with van der Waals surface area (Å²) in [5.41, 5.74) is -0.402. The number of hydrogen-bond acceptors (Lipinski definition) is 9. The third-order valence-electron chi connectivity index (χ3n) is 6.36. The molecular formula is C29H35N5O6. The zero-order valence-corrected chi connectivity index (χ0v) is 23.0. The van der Waals surface area contributed by atoms with Crippen molar-refractivity contribution >= 4 is 23.5 Å². The molecule has 3 heterocycles. The number of nitrogens with one attached hydrogen (secondary N) is 1. The number of hydrogen-bond donors (Lipinski definition) is 2. The van der Waals surface area contributed by atoms with Crippen LogP contribution in [0.3, 0.4) is 0 Å². The first-order chi connectivity index (χ1) is 19.2. The molecule has 3 aromatic rings. The van der Waals surface area contributed by atoms with Gasteiger partial charge in [-0.3, -0.25) is 9.78 Å². The second-order valence-electron chi connectivity index (χ2n) is 9.94. The van der Waals surface area contributed by atoms with Crippen LogP contribution in [0.1, 0.15) is 45.6 Å². The topological polar surface area (TPSA) is 136 Å². The number of piperidine rings is 1. The van der Waals surface area contributed by atoms with Gasteiger partial charge < -0.3 is 29.5 Å². The van der Waals surface area contributed by atoms with Gasteiger partial charge in [0.1, 0.15) is 17.7 Å². The number of carboxylic acids is 1. The van der Waals surface area contributed by atoms with Gasteiger partial charge in [-0.1, -0.05) is 12.1 Å². The van der Waals surface area contributed by atoms with E-state index in [1.54, 1.807) is 24.5 Å². The summed E-state index contributed by atoms with van der Waals surface area (Å²) >= 11 is 0. The number of aromatic nitrogens is 3. The molecule has 2 N–H and O–H groups in total. The van der Waals surface area contributed by atoms with Crippen molar-refractivity contribution in [2.75, 3.05) is 29.9 Å². The summed E-state index contributed by atoms with van der Waals surface area (Å²) in [7, 11) is 0. The quantitative estimate of drug-likeness (QED) is 0.339. The maximum absolute atomic E-state index is 12.6. The fourth-order valence-corrected chi connectivity index (χ4v) is 4.22. The van der Waals surface area contributed by atoms with E-state index in [-0.39, 0.29) is 18.4 Å². The Hall–Kier alpha value is -4.41. The Balaban J connectivity index is 1.30. The maximum Gasteiger partial charge on any atom is 0.347 e.